The molecule has 2 N–H and O–H groups in total. The van der Waals surface area contributed by atoms with E-state index >= 15 is 0 Å². The average molecular weight is 221 g/mol. The molecule has 1 amide bonds. The Labute approximate surface area is 95.8 Å². The lowest BCUT2D eigenvalue weighted by molar-refractivity contribution is -0.126. The van der Waals surface area contributed by atoms with E-state index in [1.165, 1.54) is 19.3 Å². The van der Waals surface area contributed by atoms with E-state index in [9.17, 15) is 4.79 Å². The van der Waals surface area contributed by atoms with E-state index in [2.05, 4.69) is 15.5 Å². The van der Waals surface area contributed by atoms with Crippen LogP contribution in [-0.4, -0.2) is 16.1 Å². The molecule has 0 saturated heterocycles. The van der Waals surface area contributed by atoms with Crippen molar-refractivity contribution in [3.63, 3.8) is 0 Å². The van der Waals surface area contributed by atoms with Crippen LogP contribution in [-0.2, 0) is 4.79 Å². The number of aromatic amines is 1. The molecule has 0 spiro atoms. The van der Waals surface area contributed by atoms with Crippen LogP contribution in [0, 0.1) is 5.92 Å². The largest absolute Gasteiger partial charge is 0.349 e. The summed E-state index contributed by atoms with van der Waals surface area (Å²) in [6.07, 6.45) is 9.34. The predicted molar refractivity (Wildman–Crippen MR) is 61.7 cm³/mol. The number of hydrogen-bond donors (Lipinski definition) is 2. The first-order valence-electron chi connectivity index (χ1n) is 6.06. The summed E-state index contributed by atoms with van der Waals surface area (Å²) in [5.41, 5.74) is 1.03. The number of aromatic nitrogens is 2. The Kier molecular flexibility index (Phi) is 3.59. The highest BCUT2D eigenvalue weighted by molar-refractivity contribution is 5.79. The van der Waals surface area contributed by atoms with Gasteiger partial charge in [-0.15, -0.1) is 0 Å². The molecule has 1 aliphatic rings. The van der Waals surface area contributed by atoms with Crippen molar-refractivity contribution in [1.82, 2.24) is 15.5 Å². The van der Waals surface area contributed by atoms with Gasteiger partial charge in [0.05, 0.1) is 12.2 Å². The minimum absolute atomic E-state index is 0.0492. The van der Waals surface area contributed by atoms with Gasteiger partial charge in [-0.2, -0.15) is 5.10 Å². The first-order valence-corrected chi connectivity index (χ1v) is 6.06. The van der Waals surface area contributed by atoms with Crippen LogP contribution in [0.2, 0.25) is 0 Å². The number of carbonyl (C=O) groups excluding carboxylic acids is 1. The highest BCUT2D eigenvalue weighted by Gasteiger charge is 2.22. The van der Waals surface area contributed by atoms with E-state index in [0.717, 1.165) is 18.4 Å². The lowest BCUT2D eigenvalue weighted by Gasteiger charge is -2.22. The molecule has 4 nitrogen and oxygen atoms in total. The Morgan fingerprint density at radius 2 is 2.25 bits per heavy atom. The number of nitrogens with one attached hydrogen (secondary N) is 2. The van der Waals surface area contributed by atoms with Gasteiger partial charge in [0.2, 0.25) is 5.91 Å². The first kappa shape index (κ1) is 11.2. The zero-order valence-electron chi connectivity index (χ0n) is 9.70. The molecular formula is C12H19N3O. The van der Waals surface area contributed by atoms with Crippen molar-refractivity contribution in [3.05, 3.63) is 18.0 Å². The third kappa shape index (κ3) is 2.62. The summed E-state index contributed by atoms with van der Waals surface area (Å²) >= 11 is 0. The number of carbonyl (C=O) groups is 1. The van der Waals surface area contributed by atoms with Gasteiger partial charge in [0.25, 0.3) is 0 Å². The second kappa shape index (κ2) is 5.14. The quantitative estimate of drug-likeness (QED) is 0.821. The standard InChI is InChI=1S/C12H19N3O/c1-9(11-7-13-14-8-11)15-12(16)10-5-3-2-4-6-10/h7-10H,2-6H2,1H3,(H,13,14)(H,15,16). The van der Waals surface area contributed by atoms with Crippen LogP contribution in [0.3, 0.4) is 0 Å². The van der Waals surface area contributed by atoms with Crippen molar-refractivity contribution < 1.29 is 4.79 Å². The lowest BCUT2D eigenvalue weighted by atomic mass is 9.88. The number of rotatable bonds is 3. The summed E-state index contributed by atoms with van der Waals surface area (Å²) in [4.78, 5) is 12.0. The Hall–Kier alpha value is -1.32. The maximum atomic E-state index is 12.0. The van der Waals surface area contributed by atoms with Crippen molar-refractivity contribution in [1.29, 1.82) is 0 Å². The molecule has 1 unspecified atom stereocenters. The minimum Gasteiger partial charge on any atom is -0.349 e. The van der Waals surface area contributed by atoms with Gasteiger partial charge in [0.15, 0.2) is 0 Å². The number of nitrogens with zero attached hydrogens (tertiary/aromatic N) is 1. The van der Waals surface area contributed by atoms with Crippen molar-refractivity contribution >= 4 is 5.91 Å². The topological polar surface area (TPSA) is 57.8 Å². The maximum absolute atomic E-state index is 12.0. The SMILES string of the molecule is CC(NC(=O)C1CCCCC1)c1cn[nH]c1. The Balaban J connectivity index is 1.86. The molecular weight excluding hydrogens is 202 g/mol. The van der Waals surface area contributed by atoms with Crippen molar-refractivity contribution in [2.75, 3.05) is 0 Å². The Bertz CT molecular complexity index is 328. The molecule has 0 radical (unpaired) electrons. The van der Waals surface area contributed by atoms with Crippen LogP contribution in [0.4, 0.5) is 0 Å². The van der Waals surface area contributed by atoms with Crippen LogP contribution in [0.15, 0.2) is 12.4 Å². The molecule has 0 bridgehead atoms. The molecule has 0 aliphatic heterocycles. The molecule has 2 rings (SSSR count). The van der Waals surface area contributed by atoms with Crippen molar-refractivity contribution in [3.8, 4) is 0 Å². The molecule has 1 fully saturated rings. The normalized spacial score (nSPS) is 19.3. The Morgan fingerprint density at radius 1 is 1.50 bits per heavy atom. The number of hydrogen-bond acceptors (Lipinski definition) is 2. The summed E-state index contributed by atoms with van der Waals surface area (Å²) in [6.45, 7) is 1.99. The number of H-pyrrole nitrogens is 1. The van der Waals surface area contributed by atoms with Crippen molar-refractivity contribution in [2.45, 2.75) is 45.1 Å². The van der Waals surface area contributed by atoms with Gasteiger partial charge < -0.3 is 5.32 Å². The van der Waals surface area contributed by atoms with E-state index in [0.29, 0.717) is 0 Å². The summed E-state index contributed by atoms with van der Waals surface area (Å²) in [5.74, 6) is 0.427. The molecule has 1 aromatic heterocycles. The molecule has 88 valence electrons. The maximum Gasteiger partial charge on any atom is 0.223 e. The number of amides is 1. The van der Waals surface area contributed by atoms with Crippen LogP contribution in [0.5, 0.6) is 0 Å². The highest BCUT2D eigenvalue weighted by Crippen LogP contribution is 2.24. The van der Waals surface area contributed by atoms with E-state index < -0.39 is 0 Å². The molecule has 0 aromatic carbocycles. The third-order valence-corrected chi connectivity index (χ3v) is 3.35. The summed E-state index contributed by atoms with van der Waals surface area (Å²) in [5, 5.41) is 9.70. The molecule has 1 heterocycles. The summed E-state index contributed by atoms with van der Waals surface area (Å²) in [6, 6.07) is 0.0492. The predicted octanol–water partition coefficient (Wildman–Crippen LogP) is 2.17. The fourth-order valence-corrected chi connectivity index (χ4v) is 2.28. The van der Waals surface area contributed by atoms with Crippen molar-refractivity contribution in [2.24, 2.45) is 5.92 Å². The van der Waals surface area contributed by atoms with Gasteiger partial charge >= 0.3 is 0 Å². The van der Waals surface area contributed by atoms with Gasteiger partial charge in [-0.25, -0.2) is 0 Å². The second-order valence-corrected chi connectivity index (χ2v) is 4.60. The fraction of sp³-hybridized carbons (Fsp3) is 0.667. The zero-order valence-corrected chi connectivity index (χ0v) is 9.70. The molecule has 1 atom stereocenters. The van der Waals surface area contributed by atoms with Gasteiger partial charge in [-0.05, 0) is 19.8 Å². The van der Waals surface area contributed by atoms with E-state index in [-0.39, 0.29) is 17.9 Å². The van der Waals surface area contributed by atoms with Crippen LogP contribution >= 0.6 is 0 Å². The highest BCUT2D eigenvalue weighted by atomic mass is 16.1. The zero-order chi connectivity index (χ0) is 11.4. The van der Waals surface area contributed by atoms with Gasteiger partial charge in [-0.3, -0.25) is 9.89 Å². The molecule has 1 aliphatic carbocycles. The van der Waals surface area contributed by atoms with E-state index in [1.54, 1.807) is 6.20 Å². The van der Waals surface area contributed by atoms with E-state index in [4.69, 9.17) is 0 Å². The average Bonchev–Trinajstić information content (AvgIpc) is 2.83. The third-order valence-electron chi connectivity index (χ3n) is 3.35. The lowest BCUT2D eigenvalue weighted by Crippen LogP contribution is -2.33. The fourth-order valence-electron chi connectivity index (χ4n) is 2.28. The van der Waals surface area contributed by atoms with Gasteiger partial charge in [-0.1, -0.05) is 19.3 Å². The smallest absolute Gasteiger partial charge is 0.223 e. The monoisotopic (exact) mass is 221 g/mol. The van der Waals surface area contributed by atoms with E-state index in [1.807, 2.05) is 13.1 Å². The van der Waals surface area contributed by atoms with Crippen LogP contribution in [0.1, 0.15) is 50.6 Å². The molecule has 16 heavy (non-hydrogen) atoms. The van der Waals surface area contributed by atoms with Crippen LogP contribution in [0.25, 0.3) is 0 Å². The van der Waals surface area contributed by atoms with Gasteiger partial charge in [0, 0.05) is 17.7 Å². The second-order valence-electron chi connectivity index (χ2n) is 4.60. The molecule has 1 saturated carbocycles. The molecule has 1 aromatic rings. The minimum atomic E-state index is 0.0492. The van der Waals surface area contributed by atoms with Crippen LogP contribution < -0.4 is 5.32 Å². The first-order chi connectivity index (χ1) is 7.77. The molecule has 4 heteroatoms. The Morgan fingerprint density at radius 3 is 2.88 bits per heavy atom. The van der Waals surface area contributed by atoms with Gasteiger partial charge in [0.1, 0.15) is 0 Å². The summed E-state index contributed by atoms with van der Waals surface area (Å²) in [7, 11) is 0. The summed E-state index contributed by atoms with van der Waals surface area (Å²) < 4.78 is 0.